The predicted octanol–water partition coefficient (Wildman–Crippen LogP) is 3.74. The van der Waals surface area contributed by atoms with E-state index in [1.807, 2.05) is 24.3 Å². The number of halogens is 1. The summed E-state index contributed by atoms with van der Waals surface area (Å²) in [4.78, 5) is 12.0. The van der Waals surface area contributed by atoms with E-state index in [9.17, 15) is 4.79 Å². The van der Waals surface area contributed by atoms with Crippen LogP contribution in [-0.4, -0.2) is 15.7 Å². The first kappa shape index (κ1) is 14.4. The molecule has 0 aliphatic heterocycles. The fourth-order valence-electron chi connectivity index (χ4n) is 2.05. The average molecular weight is 316 g/mol. The van der Waals surface area contributed by atoms with Crippen molar-refractivity contribution in [1.82, 2.24) is 9.78 Å². The number of furan rings is 1. The van der Waals surface area contributed by atoms with Crippen LogP contribution in [0.5, 0.6) is 0 Å². The van der Waals surface area contributed by atoms with Gasteiger partial charge in [-0.15, -0.1) is 0 Å². The molecule has 0 spiro atoms. The van der Waals surface area contributed by atoms with Crippen LogP contribution in [0.2, 0.25) is 5.02 Å². The average Bonchev–Trinajstić information content (AvgIpc) is 3.11. The minimum atomic E-state index is -0.323. The molecular weight excluding hydrogens is 302 g/mol. The van der Waals surface area contributed by atoms with Crippen LogP contribution in [0.15, 0.2) is 53.1 Å². The van der Waals surface area contributed by atoms with Gasteiger partial charge >= 0.3 is 0 Å². The van der Waals surface area contributed by atoms with Gasteiger partial charge in [0.1, 0.15) is 5.76 Å². The third-order valence-corrected chi connectivity index (χ3v) is 3.51. The summed E-state index contributed by atoms with van der Waals surface area (Å²) in [5, 5.41) is 7.69. The van der Waals surface area contributed by atoms with E-state index in [1.165, 1.54) is 0 Å². The minimum Gasteiger partial charge on any atom is -0.456 e. The van der Waals surface area contributed by atoms with E-state index >= 15 is 0 Å². The van der Waals surface area contributed by atoms with E-state index in [0.717, 1.165) is 5.56 Å². The van der Waals surface area contributed by atoms with Gasteiger partial charge in [0, 0.05) is 17.3 Å². The number of hydrogen-bond donors (Lipinski definition) is 1. The maximum Gasteiger partial charge on any atom is 0.292 e. The molecule has 0 fully saturated rings. The standard InChI is InChI=1S/C16H14ClN3O2/c1-11-6-7-14(22-11)16(21)18-15-8-9-20(19-15)10-12-4-2-3-5-13(12)17/h2-9H,10H2,1H3,(H,18,19,21). The molecule has 6 heteroatoms. The van der Waals surface area contributed by atoms with E-state index in [4.69, 9.17) is 16.0 Å². The largest absolute Gasteiger partial charge is 0.456 e. The van der Waals surface area contributed by atoms with Gasteiger partial charge in [-0.2, -0.15) is 5.10 Å². The zero-order chi connectivity index (χ0) is 15.5. The Hall–Kier alpha value is -2.53. The van der Waals surface area contributed by atoms with Crippen molar-refractivity contribution in [3.05, 3.63) is 70.8 Å². The highest BCUT2D eigenvalue weighted by molar-refractivity contribution is 6.31. The summed E-state index contributed by atoms with van der Waals surface area (Å²) in [5.41, 5.74) is 0.965. The molecule has 2 aromatic heterocycles. The molecule has 3 aromatic rings. The van der Waals surface area contributed by atoms with Crippen molar-refractivity contribution in [3.8, 4) is 0 Å². The smallest absolute Gasteiger partial charge is 0.292 e. The summed E-state index contributed by atoms with van der Waals surface area (Å²) in [6.45, 7) is 2.32. The number of aryl methyl sites for hydroxylation is 1. The minimum absolute atomic E-state index is 0.262. The third-order valence-electron chi connectivity index (χ3n) is 3.14. The molecule has 0 aliphatic rings. The second-order valence-corrected chi connectivity index (χ2v) is 5.26. The highest BCUT2D eigenvalue weighted by atomic mass is 35.5. The van der Waals surface area contributed by atoms with Crippen LogP contribution in [0.25, 0.3) is 0 Å². The molecule has 5 nitrogen and oxygen atoms in total. The lowest BCUT2D eigenvalue weighted by molar-refractivity contribution is 0.0995. The fourth-order valence-corrected chi connectivity index (χ4v) is 2.25. The number of nitrogens with one attached hydrogen (secondary N) is 1. The Morgan fingerprint density at radius 2 is 2.09 bits per heavy atom. The molecular formula is C16H14ClN3O2. The summed E-state index contributed by atoms with van der Waals surface area (Å²) in [7, 11) is 0. The molecule has 22 heavy (non-hydrogen) atoms. The van der Waals surface area contributed by atoms with E-state index in [2.05, 4.69) is 10.4 Å². The van der Waals surface area contributed by atoms with Crippen molar-refractivity contribution < 1.29 is 9.21 Å². The fraction of sp³-hybridized carbons (Fsp3) is 0.125. The molecule has 0 atom stereocenters. The highest BCUT2D eigenvalue weighted by Gasteiger charge is 2.11. The van der Waals surface area contributed by atoms with Gasteiger partial charge in [0.2, 0.25) is 0 Å². The zero-order valence-electron chi connectivity index (χ0n) is 11.9. The zero-order valence-corrected chi connectivity index (χ0v) is 12.7. The van der Waals surface area contributed by atoms with Gasteiger partial charge in [0.15, 0.2) is 11.6 Å². The Balaban J connectivity index is 1.69. The SMILES string of the molecule is Cc1ccc(C(=O)Nc2ccn(Cc3ccccc3Cl)n2)o1. The Labute approximate surface area is 132 Å². The summed E-state index contributed by atoms with van der Waals surface area (Å²) in [6.07, 6.45) is 1.78. The second kappa shape index (κ2) is 6.07. The maximum atomic E-state index is 12.0. The van der Waals surface area contributed by atoms with Gasteiger partial charge in [0.25, 0.3) is 5.91 Å². The molecule has 1 N–H and O–H groups in total. The van der Waals surface area contributed by atoms with Crippen LogP contribution < -0.4 is 5.32 Å². The van der Waals surface area contributed by atoms with Crippen LogP contribution in [0, 0.1) is 6.92 Å². The normalized spacial score (nSPS) is 10.6. The molecule has 0 saturated carbocycles. The molecule has 1 aromatic carbocycles. The first-order valence-electron chi connectivity index (χ1n) is 6.76. The van der Waals surface area contributed by atoms with E-state index in [1.54, 1.807) is 36.0 Å². The number of carbonyl (C=O) groups excluding carboxylic acids is 1. The van der Waals surface area contributed by atoms with Gasteiger partial charge in [-0.1, -0.05) is 29.8 Å². The molecule has 2 heterocycles. The van der Waals surface area contributed by atoms with Crippen molar-refractivity contribution >= 4 is 23.3 Å². The Kier molecular flexibility index (Phi) is 3.98. The Morgan fingerprint density at radius 1 is 1.27 bits per heavy atom. The quantitative estimate of drug-likeness (QED) is 0.798. The van der Waals surface area contributed by atoms with Crippen LogP contribution >= 0.6 is 11.6 Å². The van der Waals surface area contributed by atoms with E-state index < -0.39 is 0 Å². The van der Waals surface area contributed by atoms with Gasteiger partial charge in [-0.05, 0) is 30.7 Å². The number of rotatable bonds is 4. The summed E-state index contributed by atoms with van der Waals surface area (Å²) in [6, 6.07) is 12.7. The van der Waals surface area contributed by atoms with Gasteiger partial charge in [-0.3, -0.25) is 9.48 Å². The number of aromatic nitrogens is 2. The summed E-state index contributed by atoms with van der Waals surface area (Å²) < 4.78 is 6.98. The number of amides is 1. The molecule has 112 valence electrons. The van der Waals surface area contributed by atoms with Crippen molar-refractivity contribution in [2.45, 2.75) is 13.5 Å². The summed E-state index contributed by atoms with van der Waals surface area (Å²) >= 11 is 6.12. The van der Waals surface area contributed by atoms with Crippen molar-refractivity contribution in [3.63, 3.8) is 0 Å². The molecule has 3 rings (SSSR count). The Morgan fingerprint density at radius 3 is 2.82 bits per heavy atom. The molecule has 0 aliphatic carbocycles. The van der Waals surface area contributed by atoms with Crippen LogP contribution in [0.1, 0.15) is 21.9 Å². The number of carbonyl (C=O) groups is 1. The van der Waals surface area contributed by atoms with E-state index in [-0.39, 0.29) is 11.7 Å². The van der Waals surface area contributed by atoms with Crippen molar-refractivity contribution in [1.29, 1.82) is 0 Å². The molecule has 0 bridgehead atoms. The molecule has 1 amide bonds. The van der Waals surface area contributed by atoms with Crippen molar-refractivity contribution in [2.24, 2.45) is 0 Å². The monoisotopic (exact) mass is 315 g/mol. The van der Waals surface area contributed by atoms with E-state index in [0.29, 0.717) is 23.1 Å². The first-order valence-corrected chi connectivity index (χ1v) is 7.14. The van der Waals surface area contributed by atoms with Crippen LogP contribution in [0.3, 0.4) is 0 Å². The van der Waals surface area contributed by atoms with Crippen LogP contribution in [-0.2, 0) is 6.54 Å². The Bertz CT molecular complexity index is 807. The second-order valence-electron chi connectivity index (χ2n) is 4.85. The number of nitrogens with zero attached hydrogens (tertiary/aromatic N) is 2. The molecule has 0 radical (unpaired) electrons. The van der Waals surface area contributed by atoms with Gasteiger partial charge in [0.05, 0.1) is 6.54 Å². The number of hydrogen-bond acceptors (Lipinski definition) is 3. The molecule has 0 saturated heterocycles. The van der Waals surface area contributed by atoms with Crippen molar-refractivity contribution in [2.75, 3.05) is 5.32 Å². The lowest BCUT2D eigenvalue weighted by Gasteiger charge is -2.04. The predicted molar refractivity (Wildman–Crippen MR) is 84.2 cm³/mol. The van der Waals surface area contributed by atoms with Gasteiger partial charge < -0.3 is 9.73 Å². The maximum absolute atomic E-state index is 12.0. The molecule has 0 unspecified atom stereocenters. The van der Waals surface area contributed by atoms with Crippen LogP contribution in [0.4, 0.5) is 5.82 Å². The lowest BCUT2D eigenvalue weighted by atomic mass is 10.2. The number of benzene rings is 1. The lowest BCUT2D eigenvalue weighted by Crippen LogP contribution is -2.12. The highest BCUT2D eigenvalue weighted by Crippen LogP contribution is 2.17. The first-order chi connectivity index (χ1) is 10.6. The summed E-state index contributed by atoms with van der Waals surface area (Å²) in [5.74, 6) is 1.09. The van der Waals surface area contributed by atoms with Gasteiger partial charge in [-0.25, -0.2) is 0 Å². The number of anilines is 1. The topological polar surface area (TPSA) is 60.1 Å². The third kappa shape index (κ3) is 3.20.